The quantitative estimate of drug-likeness (QED) is 0.858. The van der Waals surface area contributed by atoms with E-state index in [-0.39, 0.29) is 17.7 Å². The van der Waals surface area contributed by atoms with Gasteiger partial charge in [-0.15, -0.1) is 5.10 Å². The Kier molecular flexibility index (Phi) is 4.08. The Morgan fingerprint density at radius 3 is 2.90 bits per heavy atom. The van der Waals surface area contributed by atoms with Crippen LogP contribution in [0.4, 0.5) is 14.7 Å². The smallest absolute Gasteiger partial charge is 0.336 e. The second-order valence-corrected chi connectivity index (χ2v) is 3.58. The summed E-state index contributed by atoms with van der Waals surface area (Å²) in [4.78, 5) is 15.3. The lowest BCUT2D eigenvalue weighted by molar-refractivity contribution is -0.118. The van der Waals surface area contributed by atoms with Crippen LogP contribution in [0, 0.1) is 11.6 Å². The Balaban J connectivity index is 1.88. The van der Waals surface area contributed by atoms with E-state index >= 15 is 0 Å². The summed E-state index contributed by atoms with van der Waals surface area (Å²) < 4.78 is 35.5. The third-order valence-electron chi connectivity index (χ3n) is 2.16. The molecular weight excluding hydrogens is 274 g/mol. The molecule has 20 heavy (non-hydrogen) atoms. The molecule has 0 aliphatic heterocycles. The van der Waals surface area contributed by atoms with Crippen LogP contribution in [0.3, 0.4) is 0 Å². The van der Waals surface area contributed by atoms with Crippen molar-refractivity contribution in [3.63, 3.8) is 0 Å². The molecule has 0 spiro atoms. The number of aromatic nitrogens is 3. The van der Waals surface area contributed by atoms with E-state index in [0.29, 0.717) is 6.07 Å². The van der Waals surface area contributed by atoms with Crippen LogP contribution in [-0.2, 0) is 4.79 Å². The summed E-state index contributed by atoms with van der Waals surface area (Å²) in [7, 11) is 1.37. The topological polar surface area (TPSA) is 89.1 Å². The van der Waals surface area contributed by atoms with Crippen LogP contribution in [0.1, 0.15) is 0 Å². The minimum absolute atomic E-state index is 0.0609. The third-order valence-corrected chi connectivity index (χ3v) is 2.16. The van der Waals surface area contributed by atoms with Gasteiger partial charge in [-0.25, -0.2) is 13.9 Å². The molecule has 1 amide bonds. The summed E-state index contributed by atoms with van der Waals surface area (Å²) in [5.74, 6) is -2.37. The molecule has 7 nitrogen and oxygen atoms in total. The van der Waals surface area contributed by atoms with Crippen molar-refractivity contribution in [2.24, 2.45) is 0 Å². The van der Waals surface area contributed by atoms with Crippen molar-refractivity contribution < 1.29 is 23.0 Å². The van der Waals surface area contributed by atoms with Crippen LogP contribution in [0.2, 0.25) is 0 Å². The van der Waals surface area contributed by atoms with Crippen molar-refractivity contribution in [1.82, 2.24) is 15.2 Å². The summed E-state index contributed by atoms with van der Waals surface area (Å²) in [6, 6.07) is 2.84. The van der Waals surface area contributed by atoms with Crippen LogP contribution >= 0.6 is 0 Å². The van der Waals surface area contributed by atoms with Crippen LogP contribution in [0.25, 0.3) is 0 Å². The molecule has 106 valence electrons. The number of halogens is 2. The van der Waals surface area contributed by atoms with Gasteiger partial charge in [0.15, 0.2) is 18.2 Å². The van der Waals surface area contributed by atoms with Gasteiger partial charge in [0.2, 0.25) is 5.95 Å². The number of rotatable bonds is 5. The van der Waals surface area contributed by atoms with E-state index in [0.717, 1.165) is 12.1 Å². The average molecular weight is 284 g/mol. The number of nitrogens with zero attached hydrogens (tertiary/aromatic N) is 2. The number of H-pyrrole nitrogens is 1. The normalized spacial score (nSPS) is 10.2. The van der Waals surface area contributed by atoms with E-state index < -0.39 is 24.1 Å². The monoisotopic (exact) mass is 284 g/mol. The molecule has 9 heteroatoms. The van der Waals surface area contributed by atoms with Crippen molar-refractivity contribution in [2.75, 3.05) is 19.0 Å². The second-order valence-electron chi connectivity index (χ2n) is 3.58. The molecular formula is C11H10F2N4O3. The van der Waals surface area contributed by atoms with Crippen molar-refractivity contribution in [3.05, 3.63) is 29.8 Å². The van der Waals surface area contributed by atoms with Gasteiger partial charge in [0, 0.05) is 6.07 Å². The highest BCUT2D eigenvalue weighted by atomic mass is 19.1. The average Bonchev–Trinajstić information content (AvgIpc) is 2.85. The maximum atomic E-state index is 13.2. The number of aromatic amines is 1. The van der Waals surface area contributed by atoms with Gasteiger partial charge in [-0.3, -0.25) is 10.1 Å². The van der Waals surface area contributed by atoms with Crippen LogP contribution in [-0.4, -0.2) is 34.8 Å². The number of nitrogens with one attached hydrogen (secondary N) is 2. The molecule has 2 N–H and O–H groups in total. The van der Waals surface area contributed by atoms with E-state index in [1.54, 1.807) is 0 Å². The molecule has 0 saturated carbocycles. The zero-order chi connectivity index (χ0) is 14.5. The Bertz CT molecular complexity index is 617. The van der Waals surface area contributed by atoms with Gasteiger partial charge in [-0.1, -0.05) is 0 Å². The summed E-state index contributed by atoms with van der Waals surface area (Å²) in [5.41, 5.74) is 0. The number of amides is 1. The summed E-state index contributed by atoms with van der Waals surface area (Å²) >= 11 is 0. The first-order valence-electron chi connectivity index (χ1n) is 5.42. The summed E-state index contributed by atoms with van der Waals surface area (Å²) in [6.07, 6.45) is 0. The first kappa shape index (κ1) is 13.7. The number of carbonyl (C=O) groups excluding carboxylic acids is 1. The van der Waals surface area contributed by atoms with E-state index in [9.17, 15) is 13.6 Å². The van der Waals surface area contributed by atoms with Gasteiger partial charge < -0.3 is 9.47 Å². The number of benzene rings is 1. The van der Waals surface area contributed by atoms with Gasteiger partial charge in [-0.05, 0) is 12.1 Å². The first-order chi connectivity index (χ1) is 9.58. The lowest BCUT2D eigenvalue weighted by Crippen LogP contribution is -2.21. The van der Waals surface area contributed by atoms with E-state index in [1.807, 2.05) is 0 Å². The zero-order valence-electron chi connectivity index (χ0n) is 10.3. The fourth-order valence-corrected chi connectivity index (χ4v) is 1.30. The highest BCUT2D eigenvalue weighted by Crippen LogP contribution is 2.17. The van der Waals surface area contributed by atoms with Gasteiger partial charge in [0.1, 0.15) is 5.82 Å². The molecule has 2 aromatic rings. The van der Waals surface area contributed by atoms with Crippen LogP contribution in [0.15, 0.2) is 18.2 Å². The predicted octanol–water partition coefficient (Wildman–Crippen LogP) is 1.11. The Hall–Kier alpha value is -2.71. The van der Waals surface area contributed by atoms with Crippen LogP contribution in [0.5, 0.6) is 11.8 Å². The number of hydrogen-bond acceptors (Lipinski definition) is 5. The minimum Gasteiger partial charge on any atom is -0.481 e. The highest BCUT2D eigenvalue weighted by molar-refractivity contribution is 5.90. The van der Waals surface area contributed by atoms with Crippen molar-refractivity contribution in [1.29, 1.82) is 0 Å². The molecule has 1 aromatic heterocycles. The number of ether oxygens (including phenoxy) is 2. The third kappa shape index (κ3) is 3.40. The fraction of sp³-hybridized carbons (Fsp3) is 0.182. The number of carbonyl (C=O) groups is 1. The minimum atomic E-state index is -0.890. The summed E-state index contributed by atoms with van der Waals surface area (Å²) in [6.45, 7) is -0.467. The SMILES string of the molecule is COc1n[nH]c(NC(=O)COc2ccc(F)cc2F)n1. The lowest BCUT2D eigenvalue weighted by atomic mass is 10.3. The highest BCUT2D eigenvalue weighted by Gasteiger charge is 2.10. The predicted molar refractivity (Wildman–Crippen MR) is 63.4 cm³/mol. The van der Waals surface area contributed by atoms with E-state index in [1.165, 1.54) is 7.11 Å². The lowest BCUT2D eigenvalue weighted by Gasteiger charge is -2.06. The molecule has 0 unspecified atom stereocenters. The molecule has 0 bridgehead atoms. The molecule has 0 aliphatic rings. The maximum Gasteiger partial charge on any atom is 0.336 e. The summed E-state index contributed by atoms with van der Waals surface area (Å²) in [5, 5.41) is 8.35. The largest absolute Gasteiger partial charge is 0.481 e. The van der Waals surface area contributed by atoms with Gasteiger partial charge in [-0.2, -0.15) is 4.98 Å². The fourth-order valence-electron chi connectivity index (χ4n) is 1.30. The van der Waals surface area contributed by atoms with Gasteiger partial charge in [0.25, 0.3) is 5.91 Å². The molecule has 1 aromatic carbocycles. The van der Waals surface area contributed by atoms with Crippen molar-refractivity contribution in [3.8, 4) is 11.8 Å². The first-order valence-corrected chi connectivity index (χ1v) is 5.42. The van der Waals surface area contributed by atoms with Gasteiger partial charge in [0.05, 0.1) is 7.11 Å². The number of hydrogen-bond donors (Lipinski definition) is 2. The molecule has 0 atom stereocenters. The van der Waals surface area contributed by atoms with Crippen molar-refractivity contribution >= 4 is 11.9 Å². The molecule has 0 saturated heterocycles. The molecule has 2 rings (SSSR count). The zero-order valence-corrected chi connectivity index (χ0v) is 10.3. The molecule has 0 aliphatic carbocycles. The van der Waals surface area contributed by atoms with Gasteiger partial charge >= 0.3 is 6.01 Å². The van der Waals surface area contributed by atoms with E-state index in [2.05, 4.69) is 20.5 Å². The molecule has 1 heterocycles. The molecule has 0 fully saturated rings. The Morgan fingerprint density at radius 2 is 2.25 bits per heavy atom. The maximum absolute atomic E-state index is 13.2. The Labute approximate surface area is 111 Å². The number of anilines is 1. The van der Waals surface area contributed by atoms with Crippen molar-refractivity contribution in [2.45, 2.75) is 0 Å². The number of methoxy groups -OCH3 is 1. The molecule has 0 radical (unpaired) electrons. The second kappa shape index (κ2) is 5.95. The van der Waals surface area contributed by atoms with Crippen LogP contribution < -0.4 is 14.8 Å². The standard InChI is InChI=1S/C11H10F2N4O3/c1-19-11-15-10(16-17-11)14-9(18)5-20-8-3-2-6(12)4-7(8)13/h2-4H,5H2,1H3,(H2,14,15,16,17,18). The Morgan fingerprint density at radius 1 is 1.45 bits per heavy atom. The van der Waals surface area contributed by atoms with E-state index in [4.69, 9.17) is 9.47 Å².